The van der Waals surface area contributed by atoms with Gasteiger partial charge in [-0.1, -0.05) is 41.0 Å². The maximum absolute atomic E-state index is 4.63. The molecule has 11 heavy (non-hydrogen) atoms. The molecule has 0 fully saturated rings. The van der Waals surface area contributed by atoms with E-state index in [2.05, 4.69) is 47.2 Å². The summed E-state index contributed by atoms with van der Waals surface area (Å²) in [5.41, 5.74) is 0.451. The van der Waals surface area contributed by atoms with Crippen LogP contribution in [0.2, 0.25) is 0 Å². The van der Waals surface area contributed by atoms with Gasteiger partial charge in [0, 0.05) is 4.75 Å². The lowest BCUT2D eigenvalue weighted by molar-refractivity contribution is 0.282. The first-order valence-electron chi connectivity index (χ1n) is 4.55. The Morgan fingerprint density at radius 2 is 1.45 bits per heavy atom. The molecule has 0 amide bonds. The van der Waals surface area contributed by atoms with E-state index in [9.17, 15) is 0 Å². The van der Waals surface area contributed by atoms with Crippen LogP contribution in [0.25, 0.3) is 0 Å². The lowest BCUT2D eigenvalue weighted by Crippen LogP contribution is -2.25. The van der Waals surface area contributed by atoms with Crippen LogP contribution in [0.1, 0.15) is 53.9 Å². The summed E-state index contributed by atoms with van der Waals surface area (Å²) in [5.74, 6) is 0. The van der Waals surface area contributed by atoms with Crippen LogP contribution in [0.3, 0.4) is 0 Å². The zero-order chi connectivity index (χ0) is 9.12. The molecule has 1 unspecified atom stereocenters. The van der Waals surface area contributed by atoms with Gasteiger partial charge in [-0.25, -0.2) is 0 Å². The Balaban J connectivity index is 4.02. The summed E-state index contributed by atoms with van der Waals surface area (Å²) in [6.45, 7) is 11.3. The molecule has 0 saturated carbocycles. The van der Waals surface area contributed by atoms with Crippen molar-refractivity contribution in [2.24, 2.45) is 5.41 Å². The first kappa shape index (κ1) is 11.4. The van der Waals surface area contributed by atoms with Gasteiger partial charge in [-0.15, -0.1) is 0 Å². The lowest BCUT2D eigenvalue weighted by atomic mass is 9.80. The topological polar surface area (TPSA) is 0 Å². The molecule has 0 N–H and O–H groups in total. The molecule has 0 aliphatic carbocycles. The summed E-state index contributed by atoms with van der Waals surface area (Å²) in [7, 11) is 0. The second kappa shape index (κ2) is 3.84. The van der Waals surface area contributed by atoms with Gasteiger partial charge in [0.05, 0.1) is 0 Å². The summed E-state index contributed by atoms with van der Waals surface area (Å²) >= 11 is 4.63. The highest BCUT2D eigenvalue weighted by Gasteiger charge is 2.26. The van der Waals surface area contributed by atoms with Gasteiger partial charge in [-0.2, -0.15) is 12.6 Å². The van der Waals surface area contributed by atoms with Crippen LogP contribution < -0.4 is 0 Å². The minimum absolute atomic E-state index is 0.222. The van der Waals surface area contributed by atoms with Crippen LogP contribution in [0.5, 0.6) is 0 Å². The van der Waals surface area contributed by atoms with Crippen molar-refractivity contribution >= 4 is 12.6 Å². The van der Waals surface area contributed by atoms with E-state index in [-0.39, 0.29) is 4.75 Å². The number of thiol groups is 1. The standard InChI is InChI=1S/C10H22S/c1-6-9(3,4)8-10(5,11)7-2/h11H,6-8H2,1-5H3. The van der Waals surface area contributed by atoms with E-state index < -0.39 is 0 Å². The van der Waals surface area contributed by atoms with Crippen molar-refractivity contribution in [3.63, 3.8) is 0 Å². The van der Waals surface area contributed by atoms with Crippen molar-refractivity contribution < 1.29 is 0 Å². The summed E-state index contributed by atoms with van der Waals surface area (Å²) in [5, 5.41) is 0. The predicted octanol–water partition coefficient (Wildman–Crippen LogP) is 3.91. The second-order valence-corrected chi connectivity index (χ2v) is 5.62. The maximum Gasteiger partial charge on any atom is 0.0104 e. The van der Waals surface area contributed by atoms with E-state index in [0.29, 0.717) is 5.41 Å². The molecule has 0 spiro atoms. The fourth-order valence-corrected chi connectivity index (χ4v) is 1.71. The fourth-order valence-electron chi connectivity index (χ4n) is 1.28. The van der Waals surface area contributed by atoms with E-state index in [1.54, 1.807) is 0 Å². The Labute approximate surface area is 77.2 Å². The van der Waals surface area contributed by atoms with Crippen molar-refractivity contribution in [3.05, 3.63) is 0 Å². The molecule has 1 heteroatoms. The molecule has 0 aromatic carbocycles. The van der Waals surface area contributed by atoms with Gasteiger partial charge in [-0.05, 0) is 18.3 Å². The predicted molar refractivity (Wildman–Crippen MR) is 56.4 cm³/mol. The van der Waals surface area contributed by atoms with Gasteiger partial charge < -0.3 is 0 Å². The molecule has 0 heterocycles. The zero-order valence-electron chi connectivity index (χ0n) is 8.57. The van der Waals surface area contributed by atoms with Crippen LogP contribution >= 0.6 is 12.6 Å². The average molecular weight is 174 g/mol. The highest BCUT2D eigenvalue weighted by Crippen LogP contribution is 2.36. The van der Waals surface area contributed by atoms with E-state index in [1.807, 2.05) is 0 Å². The maximum atomic E-state index is 4.63. The molecule has 0 aromatic rings. The molecular weight excluding hydrogens is 152 g/mol. The summed E-state index contributed by atoms with van der Waals surface area (Å²) in [6, 6.07) is 0. The van der Waals surface area contributed by atoms with Crippen molar-refractivity contribution in [1.29, 1.82) is 0 Å². The summed E-state index contributed by atoms with van der Waals surface area (Å²) < 4.78 is 0.222. The Hall–Kier alpha value is 0.350. The van der Waals surface area contributed by atoms with Gasteiger partial charge >= 0.3 is 0 Å². The molecule has 68 valence electrons. The molecule has 0 radical (unpaired) electrons. The first-order valence-corrected chi connectivity index (χ1v) is 5.00. The van der Waals surface area contributed by atoms with Crippen LogP contribution in [0.4, 0.5) is 0 Å². The normalized spacial score (nSPS) is 18.0. The van der Waals surface area contributed by atoms with Crippen LogP contribution in [0.15, 0.2) is 0 Å². The monoisotopic (exact) mass is 174 g/mol. The van der Waals surface area contributed by atoms with Crippen LogP contribution in [0, 0.1) is 5.41 Å². The van der Waals surface area contributed by atoms with Crippen molar-refractivity contribution in [1.82, 2.24) is 0 Å². The Morgan fingerprint density at radius 3 is 1.73 bits per heavy atom. The molecule has 0 saturated heterocycles. The molecule has 0 aliphatic heterocycles. The van der Waals surface area contributed by atoms with E-state index in [1.165, 1.54) is 12.8 Å². The molecule has 1 atom stereocenters. The number of hydrogen-bond donors (Lipinski definition) is 1. The number of hydrogen-bond acceptors (Lipinski definition) is 1. The van der Waals surface area contributed by atoms with Crippen LogP contribution in [-0.4, -0.2) is 4.75 Å². The van der Waals surface area contributed by atoms with Gasteiger partial charge in [-0.3, -0.25) is 0 Å². The average Bonchev–Trinajstić information content (AvgIpc) is 1.86. The first-order chi connectivity index (χ1) is 4.83. The van der Waals surface area contributed by atoms with Gasteiger partial charge in [0.1, 0.15) is 0 Å². The minimum Gasteiger partial charge on any atom is -0.173 e. The zero-order valence-corrected chi connectivity index (χ0v) is 9.46. The van der Waals surface area contributed by atoms with E-state index in [4.69, 9.17) is 0 Å². The van der Waals surface area contributed by atoms with E-state index >= 15 is 0 Å². The molecule has 0 bridgehead atoms. The highest BCUT2D eigenvalue weighted by atomic mass is 32.1. The molecule has 0 nitrogen and oxygen atoms in total. The molecule has 0 rings (SSSR count). The largest absolute Gasteiger partial charge is 0.173 e. The van der Waals surface area contributed by atoms with Gasteiger partial charge in [0.25, 0.3) is 0 Å². The Morgan fingerprint density at radius 1 is 1.00 bits per heavy atom. The third kappa shape index (κ3) is 4.73. The smallest absolute Gasteiger partial charge is 0.0104 e. The van der Waals surface area contributed by atoms with Gasteiger partial charge in [0.2, 0.25) is 0 Å². The van der Waals surface area contributed by atoms with Crippen molar-refractivity contribution in [3.8, 4) is 0 Å². The fraction of sp³-hybridized carbons (Fsp3) is 1.00. The van der Waals surface area contributed by atoms with Crippen molar-refractivity contribution in [2.45, 2.75) is 58.6 Å². The summed E-state index contributed by atoms with van der Waals surface area (Å²) in [6.07, 6.45) is 3.60. The van der Waals surface area contributed by atoms with Crippen LogP contribution in [-0.2, 0) is 0 Å². The Kier molecular flexibility index (Phi) is 3.96. The molecule has 0 aromatic heterocycles. The van der Waals surface area contributed by atoms with Gasteiger partial charge in [0.15, 0.2) is 0 Å². The third-order valence-corrected chi connectivity index (χ3v) is 3.05. The highest BCUT2D eigenvalue weighted by molar-refractivity contribution is 7.81. The second-order valence-electron chi connectivity index (χ2n) is 4.55. The third-order valence-electron chi connectivity index (χ3n) is 2.58. The van der Waals surface area contributed by atoms with Crippen molar-refractivity contribution in [2.75, 3.05) is 0 Å². The number of rotatable bonds is 4. The molecular formula is C10H22S. The lowest BCUT2D eigenvalue weighted by Gasteiger charge is -2.32. The minimum atomic E-state index is 0.222. The van der Waals surface area contributed by atoms with E-state index in [0.717, 1.165) is 6.42 Å². The Bertz CT molecular complexity index is 100. The SMILES string of the molecule is CCC(C)(C)CC(C)(S)CC. The molecule has 0 aliphatic rings. The quantitative estimate of drug-likeness (QED) is 0.614. The summed E-state index contributed by atoms with van der Waals surface area (Å²) in [4.78, 5) is 0.